The van der Waals surface area contributed by atoms with E-state index in [9.17, 15) is 0 Å². The lowest BCUT2D eigenvalue weighted by atomic mass is 9.93. The van der Waals surface area contributed by atoms with Crippen molar-refractivity contribution in [3.63, 3.8) is 0 Å². The molecule has 1 saturated heterocycles. The molecule has 2 heterocycles. The van der Waals surface area contributed by atoms with Crippen molar-refractivity contribution < 1.29 is 0 Å². The van der Waals surface area contributed by atoms with Gasteiger partial charge in [-0.25, -0.2) is 0 Å². The van der Waals surface area contributed by atoms with Crippen LogP contribution in [0.15, 0.2) is 24.3 Å². The fourth-order valence-electron chi connectivity index (χ4n) is 3.69. The van der Waals surface area contributed by atoms with Crippen molar-refractivity contribution in [3.8, 4) is 0 Å². The molecule has 0 aliphatic carbocycles. The van der Waals surface area contributed by atoms with E-state index in [0.717, 1.165) is 18.5 Å². The molecule has 0 radical (unpaired) electrons. The summed E-state index contributed by atoms with van der Waals surface area (Å²) in [5.41, 5.74) is 2.82. The highest BCUT2D eigenvalue weighted by Crippen LogP contribution is 2.25. The fraction of sp³-hybridized carbons (Fsp3) is 0.647. The Balaban J connectivity index is 1.56. The molecule has 3 heteroatoms. The average Bonchev–Trinajstić information content (AvgIpc) is 2.47. The quantitative estimate of drug-likeness (QED) is 0.911. The standard InChI is InChI=1S/C17H27N3/c1-19-9-5-7-16(13-19)20(2)12-14-10-15-6-3-4-8-17(15)18-11-14/h3-4,6,8,14,16,18H,5,7,9-13H2,1-2H3. The molecule has 3 nitrogen and oxygen atoms in total. The number of benzene rings is 1. The van der Waals surface area contributed by atoms with E-state index in [0.29, 0.717) is 0 Å². The average molecular weight is 273 g/mol. The molecule has 3 rings (SSSR count). The van der Waals surface area contributed by atoms with Crippen molar-refractivity contribution >= 4 is 5.69 Å². The minimum atomic E-state index is 0.738. The van der Waals surface area contributed by atoms with E-state index < -0.39 is 0 Å². The molecule has 2 atom stereocenters. The summed E-state index contributed by atoms with van der Waals surface area (Å²) in [5, 5.41) is 3.59. The minimum absolute atomic E-state index is 0.738. The number of nitrogens with zero attached hydrogens (tertiary/aromatic N) is 2. The van der Waals surface area contributed by atoms with Crippen molar-refractivity contribution in [2.75, 3.05) is 45.6 Å². The van der Waals surface area contributed by atoms with E-state index in [-0.39, 0.29) is 0 Å². The molecule has 1 N–H and O–H groups in total. The van der Waals surface area contributed by atoms with Crippen LogP contribution in [0.3, 0.4) is 0 Å². The first kappa shape index (κ1) is 13.9. The van der Waals surface area contributed by atoms with Gasteiger partial charge in [-0.1, -0.05) is 18.2 Å². The summed E-state index contributed by atoms with van der Waals surface area (Å²) < 4.78 is 0. The van der Waals surface area contributed by atoms with Gasteiger partial charge >= 0.3 is 0 Å². The number of hydrogen-bond donors (Lipinski definition) is 1. The summed E-state index contributed by atoms with van der Waals surface area (Å²) in [6.07, 6.45) is 3.92. The fourth-order valence-corrected chi connectivity index (χ4v) is 3.69. The van der Waals surface area contributed by atoms with Crippen LogP contribution in [0.1, 0.15) is 18.4 Å². The highest BCUT2D eigenvalue weighted by Gasteiger charge is 2.25. The highest BCUT2D eigenvalue weighted by atomic mass is 15.2. The maximum Gasteiger partial charge on any atom is 0.0372 e. The number of piperidine rings is 1. The molecule has 110 valence electrons. The normalized spacial score (nSPS) is 27.1. The van der Waals surface area contributed by atoms with Gasteiger partial charge in [0.25, 0.3) is 0 Å². The van der Waals surface area contributed by atoms with Crippen LogP contribution in [-0.4, -0.2) is 56.1 Å². The predicted molar refractivity (Wildman–Crippen MR) is 85.3 cm³/mol. The Morgan fingerprint density at radius 3 is 3.05 bits per heavy atom. The summed E-state index contributed by atoms with van der Waals surface area (Å²) >= 11 is 0. The topological polar surface area (TPSA) is 18.5 Å². The van der Waals surface area contributed by atoms with Crippen molar-refractivity contribution in [3.05, 3.63) is 29.8 Å². The third-order valence-corrected chi connectivity index (χ3v) is 4.88. The van der Waals surface area contributed by atoms with E-state index in [2.05, 4.69) is 53.5 Å². The number of anilines is 1. The minimum Gasteiger partial charge on any atom is -0.384 e. The summed E-state index contributed by atoms with van der Waals surface area (Å²) in [6, 6.07) is 9.48. The number of fused-ring (bicyclic) bond motifs is 1. The van der Waals surface area contributed by atoms with Crippen LogP contribution in [0, 0.1) is 5.92 Å². The number of rotatable bonds is 3. The van der Waals surface area contributed by atoms with Gasteiger partial charge in [0.2, 0.25) is 0 Å². The van der Waals surface area contributed by atoms with Gasteiger partial charge in [-0.05, 0) is 57.5 Å². The van der Waals surface area contributed by atoms with Crippen LogP contribution in [0.2, 0.25) is 0 Å². The Morgan fingerprint density at radius 2 is 2.20 bits per heavy atom. The predicted octanol–water partition coefficient (Wildman–Crippen LogP) is 2.30. The third kappa shape index (κ3) is 3.15. The summed E-state index contributed by atoms with van der Waals surface area (Å²) in [7, 11) is 4.56. The molecule has 2 aliphatic heterocycles. The molecule has 0 amide bonds. The SMILES string of the molecule is CN1CCCC(N(C)CC2CNc3ccccc3C2)C1. The van der Waals surface area contributed by atoms with Gasteiger partial charge in [-0.3, -0.25) is 0 Å². The molecular weight excluding hydrogens is 246 g/mol. The smallest absolute Gasteiger partial charge is 0.0372 e. The molecule has 0 bridgehead atoms. The lowest BCUT2D eigenvalue weighted by Gasteiger charge is -2.38. The Morgan fingerprint density at radius 1 is 1.35 bits per heavy atom. The largest absolute Gasteiger partial charge is 0.384 e. The maximum absolute atomic E-state index is 3.59. The summed E-state index contributed by atoms with van der Waals surface area (Å²) in [4.78, 5) is 5.06. The van der Waals surface area contributed by atoms with Crippen molar-refractivity contribution in [1.29, 1.82) is 0 Å². The summed E-state index contributed by atoms with van der Waals surface area (Å²) in [5.74, 6) is 0.738. The molecular formula is C17H27N3. The molecule has 2 unspecified atom stereocenters. The van der Waals surface area contributed by atoms with Crippen molar-refractivity contribution in [1.82, 2.24) is 9.80 Å². The van der Waals surface area contributed by atoms with Crippen LogP contribution in [0.25, 0.3) is 0 Å². The van der Waals surface area contributed by atoms with E-state index >= 15 is 0 Å². The first-order valence-corrected chi connectivity index (χ1v) is 7.93. The monoisotopic (exact) mass is 273 g/mol. The molecule has 0 aromatic heterocycles. The second kappa shape index (κ2) is 6.15. The summed E-state index contributed by atoms with van der Waals surface area (Å²) in [6.45, 7) is 4.82. The second-order valence-corrected chi connectivity index (χ2v) is 6.61. The number of hydrogen-bond acceptors (Lipinski definition) is 3. The van der Waals surface area contributed by atoms with Crippen LogP contribution in [0.4, 0.5) is 5.69 Å². The van der Waals surface area contributed by atoms with Crippen LogP contribution < -0.4 is 5.32 Å². The second-order valence-electron chi connectivity index (χ2n) is 6.61. The van der Waals surface area contributed by atoms with Gasteiger partial charge in [0.15, 0.2) is 0 Å². The lowest BCUT2D eigenvalue weighted by Crippen LogP contribution is -2.47. The molecule has 20 heavy (non-hydrogen) atoms. The Labute approximate surface area is 123 Å². The highest BCUT2D eigenvalue weighted by molar-refractivity contribution is 5.53. The van der Waals surface area contributed by atoms with Gasteiger partial charge in [0.05, 0.1) is 0 Å². The number of likely N-dealkylation sites (tertiary alicyclic amines) is 1. The Kier molecular flexibility index (Phi) is 4.27. The zero-order valence-electron chi connectivity index (χ0n) is 12.8. The maximum atomic E-state index is 3.59. The van der Waals surface area contributed by atoms with Crippen LogP contribution in [0.5, 0.6) is 0 Å². The molecule has 0 spiro atoms. The first-order valence-electron chi connectivity index (χ1n) is 7.93. The van der Waals surface area contributed by atoms with Gasteiger partial charge in [-0.2, -0.15) is 0 Å². The van der Waals surface area contributed by atoms with Crippen molar-refractivity contribution in [2.24, 2.45) is 5.92 Å². The Hall–Kier alpha value is -1.06. The lowest BCUT2D eigenvalue weighted by molar-refractivity contribution is 0.121. The van der Waals surface area contributed by atoms with Gasteiger partial charge in [-0.15, -0.1) is 0 Å². The van der Waals surface area contributed by atoms with E-state index in [1.54, 1.807) is 0 Å². The van der Waals surface area contributed by atoms with Gasteiger partial charge in [0, 0.05) is 31.4 Å². The first-order chi connectivity index (χ1) is 9.72. The van der Waals surface area contributed by atoms with E-state index in [4.69, 9.17) is 0 Å². The zero-order chi connectivity index (χ0) is 13.9. The third-order valence-electron chi connectivity index (χ3n) is 4.88. The number of likely N-dealkylation sites (N-methyl/N-ethyl adjacent to an activating group) is 2. The molecule has 1 fully saturated rings. The molecule has 0 saturated carbocycles. The van der Waals surface area contributed by atoms with E-state index in [1.165, 1.54) is 50.1 Å². The van der Waals surface area contributed by atoms with Crippen LogP contribution in [-0.2, 0) is 6.42 Å². The Bertz CT molecular complexity index is 446. The number of nitrogens with one attached hydrogen (secondary N) is 1. The van der Waals surface area contributed by atoms with E-state index in [1.807, 2.05) is 0 Å². The molecule has 1 aromatic rings. The van der Waals surface area contributed by atoms with Crippen molar-refractivity contribution in [2.45, 2.75) is 25.3 Å². The van der Waals surface area contributed by atoms with Crippen LogP contribution >= 0.6 is 0 Å². The molecule has 1 aromatic carbocycles. The zero-order valence-corrected chi connectivity index (χ0v) is 12.8. The number of para-hydroxylation sites is 1. The molecule has 2 aliphatic rings. The van der Waals surface area contributed by atoms with Gasteiger partial charge in [0.1, 0.15) is 0 Å². The van der Waals surface area contributed by atoms with Gasteiger partial charge < -0.3 is 15.1 Å².